The highest BCUT2D eigenvalue weighted by Crippen LogP contribution is 2.42. The largest absolute Gasteiger partial charge is 0.507 e. The predicted molar refractivity (Wildman–Crippen MR) is 122 cm³/mol. The number of Topliss-reactive ketones (excluding diaryl/α,β-unsaturated/α-hetero) is 1. The maximum absolute atomic E-state index is 13.1. The molecule has 0 bridgehead atoms. The number of hydrogen-bond acceptors (Lipinski definition) is 6. The normalized spacial score (nSPS) is 17.7. The van der Waals surface area contributed by atoms with Crippen LogP contribution in [0.4, 0.5) is 5.82 Å². The van der Waals surface area contributed by atoms with Crippen LogP contribution < -0.4 is 9.64 Å². The van der Waals surface area contributed by atoms with Crippen molar-refractivity contribution >= 4 is 39.2 Å². The average molecular weight is 497 g/mol. The summed E-state index contributed by atoms with van der Waals surface area (Å²) in [5, 5.41) is 15.0. The lowest BCUT2D eigenvalue weighted by Crippen LogP contribution is -2.29. The van der Waals surface area contributed by atoms with Gasteiger partial charge in [-0.2, -0.15) is 0 Å². The Bertz CT molecular complexity index is 1180. The van der Waals surface area contributed by atoms with Gasteiger partial charge in [0.05, 0.1) is 18.2 Å². The lowest BCUT2D eigenvalue weighted by Gasteiger charge is -2.23. The first-order valence-electron chi connectivity index (χ1n) is 10.1. The Hall–Kier alpha value is -3.39. The van der Waals surface area contributed by atoms with Crippen LogP contribution in [0, 0.1) is 6.92 Å². The second kappa shape index (κ2) is 9.00. The second-order valence-corrected chi connectivity index (χ2v) is 8.30. The van der Waals surface area contributed by atoms with E-state index in [4.69, 9.17) is 9.26 Å². The number of nitrogens with zero attached hydrogens (tertiary/aromatic N) is 2. The van der Waals surface area contributed by atoms with E-state index < -0.39 is 17.7 Å². The van der Waals surface area contributed by atoms with Gasteiger partial charge in [0.1, 0.15) is 17.3 Å². The lowest BCUT2D eigenvalue weighted by molar-refractivity contribution is -0.132. The molecule has 1 aliphatic heterocycles. The summed E-state index contributed by atoms with van der Waals surface area (Å²) < 4.78 is 11.6. The fraction of sp³-hybridized carbons (Fsp3) is 0.208. The maximum Gasteiger partial charge on any atom is 0.301 e. The molecule has 0 spiro atoms. The molecule has 3 aromatic rings. The minimum Gasteiger partial charge on any atom is -0.507 e. The monoisotopic (exact) mass is 496 g/mol. The standard InChI is InChI=1S/C24H21BrN2O5/c1-3-12-31-18-10-6-15(7-11-18)21-20(22(28)16-4-8-17(25)9-5-16)23(29)24(30)27(21)19-13-14(2)32-26-19/h4-11,13,21,28H,3,12H2,1-2H3/b22-20+/t21-/m0/s1. The fourth-order valence-corrected chi connectivity index (χ4v) is 3.84. The molecule has 0 unspecified atom stereocenters. The molecule has 4 rings (SSSR count). The third-order valence-electron chi connectivity index (χ3n) is 5.09. The van der Waals surface area contributed by atoms with Crippen molar-refractivity contribution in [2.45, 2.75) is 26.3 Å². The van der Waals surface area contributed by atoms with E-state index in [2.05, 4.69) is 21.1 Å². The van der Waals surface area contributed by atoms with Gasteiger partial charge in [0, 0.05) is 16.1 Å². The van der Waals surface area contributed by atoms with Gasteiger partial charge >= 0.3 is 5.91 Å². The van der Waals surface area contributed by atoms with Crippen molar-refractivity contribution in [2.24, 2.45) is 0 Å². The van der Waals surface area contributed by atoms with E-state index in [-0.39, 0.29) is 17.2 Å². The number of carbonyl (C=O) groups excluding carboxylic acids is 2. The molecule has 8 heteroatoms. The molecule has 2 aromatic carbocycles. The Morgan fingerprint density at radius 1 is 1.16 bits per heavy atom. The number of halogens is 1. The van der Waals surface area contributed by atoms with Crippen LogP contribution in [0.3, 0.4) is 0 Å². The van der Waals surface area contributed by atoms with Crippen LogP contribution in [-0.2, 0) is 9.59 Å². The van der Waals surface area contributed by atoms with Gasteiger partial charge in [0.25, 0.3) is 5.78 Å². The highest BCUT2D eigenvalue weighted by Gasteiger charge is 2.48. The number of aliphatic hydroxyl groups is 1. The van der Waals surface area contributed by atoms with Crippen molar-refractivity contribution in [2.75, 3.05) is 11.5 Å². The van der Waals surface area contributed by atoms with E-state index in [1.807, 2.05) is 6.92 Å². The van der Waals surface area contributed by atoms with Crippen LogP contribution in [0.2, 0.25) is 0 Å². The van der Waals surface area contributed by atoms with Crippen LogP contribution in [0.15, 0.2) is 69.2 Å². The number of hydrogen-bond donors (Lipinski definition) is 1. The number of carbonyl (C=O) groups is 2. The smallest absolute Gasteiger partial charge is 0.301 e. The molecule has 1 N–H and O–H groups in total. The van der Waals surface area contributed by atoms with Crippen molar-refractivity contribution in [3.63, 3.8) is 0 Å². The lowest BCUT2D eigenvalue weighted by atomic mass is 9.95. The molecular weight excluding hydrogens is 476 g/mol. The van der Waals surface area contributed by atoms with Gasteiger partial charge in [-0.15, -0.1) is 0 Å². The van der Waals surface area contributed by atoms with Crippen LogP contribution in [0.5, 0.6) is 5.75 Å². The molecule has 1 aliphatic rings. The zero-order valence-electron chi connectivity index (χ0n) is 17.5. The van der Waals surface area contributed by atoms with Gasteiger partial charge in [-0.05, 0) is 43.2 Å². The molecule has 1 saturated heterocycles. The Morgan fingerprint density at radius 3 is 2.44 bits per heavy atom. The maximum atomic E-state index is 13.1. The molecule has 32 heavy (non-hydrogen) atoms. The molecule has 1 atom stereocenters. The number of ether oxygens (including phenoxy) is 1. The molecule has 7 nitrogen and oxygen atoms in total. The molecule has 1 amide bonds. The molecule has 2 heterocycles. The van der Waals surface area contributed by atoms with Gasteiger partial charge in [-0.3, -0.25) is 14.5 Å². The van der Waals surface area contributed by atoms with E-state index in [1.54, 1.807) is 61.5 Å². The fourth-order valence-electron chi connectivity index (χ4n) is 3.58. The first-order valence-corrected chi connectivity index (χ1v) is 10.9. The molecular formula is C24H21BrN2O5. The summed E-state index contributed by atoms with van der Waals surface area (Å²) in [5.74, 6) is -0.448. The van der Waals surface area contributed by atoms with Crippen molar-refractivity contribution in [1.82, 2.24) is 5.16 Å². The Morgan fingerprint density at radius 2 is 1.84 bits per heavy atom. The van der Waals surface area contributed by atoms with E-state index in [0.717, 1.165) is 10.9 Å². The van der Waals surface area contributed by atoms with Crippen LogP contribution in [0.25, 0.3) is 5.76 Å². The molecule has 1 fully saturated rings. The first kappa shape index (κ1) is 21.8. The van der Waals surface area contributed by atoms with E-state index in [9.17, 15) is 14.7 Å². The van der Waals surface area contributed by atoms with Crippen LogP contribution in [-0.4, -0.2) is 28.6 Å². The number of aliphatic hydroxyl groups excluding tert-OH is 1. The summed E-state index contributed by atoms with van der Waals surface area (Å²) in [4.78, 5) is 27.3. The topological polar surface area (TPSA) is 92.9 Å². The molecule has 0 saturated carbocycles. The van der Waals surface area contributed by atoms with Gasteiger partial charge in [0.2, 0.25) is 0 Å². The predicted octanol–water partition coefficient (Wildman–Crippen LogP) is 5.16. The molecule has 0 radical (unpaired) electrons. The number of benzene rings is 2. The van der Waals surface area contributed by atoms with Gasteiger partial charge in [0.15, 0.2) is 5.82 Å². The van der Waals surface area contributed by atoms with E-state index >= 15 is 0 Å². The van der Waals surface area contributed by atoms with E-state index in [0.29, 0.717) is 29.2 Å². The van der Waals surface area contributed by atoms with Crippen LogP contribution in [0.1, 0.15) is 36.3 Å². The quantitative estimate of drug-likeness (QED) is 0.287. The second-order valence-electron chi connectivity index (χ2n) is 7.39. The Labute approximate surface area is 193 Å². The van der Waals surface area contributed by atoms with Gasteiger partial charge < -0.3 is 14.4 Å². The van der Waals surface area contributed by atoms with Crippen molar-refractivity contribution < 1.29 is 24.0 Å². The van der Waals surface area contributed by atoms with Crippen molar-refractivity contribution in [3.05, 3.63) is 81.5 Å². The van der Waals surface area contributed by atoms with Crippen LogP contribution >= 0.6 is 15.9 Å². The summed E-state index contributed by atoms with van der Waals surface area (Å²) >= 11 is 3.36. The summed E-state index contributed by atoms with van der Waals surface area (Å²) in [5.41, 5.74) is 1.04. The minimum absolute atomic E-state index is 0.0137. The summed E-state index contributed by atoms with van der Waals surface area (Å²) in [6.45, 7) is 4.30. The molecule has 164 valence electrons. The highest BCUT2D eigenvalue weighted by atomic mass is 79.9. The number of amides is 1. The zero-order valence-corrected chi connectivity index (χ0v) is 19.1. The van der Waals surface area contributed by atoms with E-state index in [1.165, 1.54) is 4.90 Å². The number of ketones is 1. The number of anilines is 1. The molecule has 0 aliphatic carbocycles. The number of aryl methyl sites for hydroxylation is 1. The summed E-state index contributed by atoms with van der Waals surface area (Å²) in [6, 6.07) is 14.7. The number of rotatable bonds is 6. The van der Waals surface area contributed by atoms with Gasteiger partial charge in [-0.25, -0.2) is 0 Å². The molecule has 1 aromatic heterocycles. The minimum atomic E-state index is -0.872. The number of aromatic nitrogens is 1. The third-order valence-corrected chi connectivity index (χ3v) is 5.62. The highest BCUT2D eigenvalue weighted by molar-refractivity contribution is 9.10. The first-order chi connectivity index (χ1) is 15.4. The zero-order chi connectivity index (χ0) is 22.8. The third kappa shape index (κ3) is 4.05. The van der Waals surface area contributed by atoms with Crippen molar-refractivity contribution in [1.29, 1.82) is 0 Å². The SMILES string of the molecule is CCCOc1ccc([C@H]2/C(=C(\O)c3ccc(Br)cc3)C(=O)C(=O)N2c2cc(C)on2)cc1. The van der Waals surface area contributed by atoms with Crippen molar-refractivity contribution in [3.8, 4) is 5.75 Å². The Kier molecular flexibility index (Phi) is 6.14. The average Bonchev–Trinajstić information content (AvgIpc) is 3.33. The summed E-state index contributed by atoms with van der Waals surface area (Å²) in [6.07, 6.45) is 0.876. The van der Waals surface area contributed by atoms with Gasteiger partial charge in [-0.1, -0.05) is 52.3 Å². The summed E-state index contributed by atoms with van der Waals surface area (Å²) in [7, 11) is 0. The Balaban J connectivity index is 1.85.